The van der Waals surface area contributed by atoms with Crippen molar-refractivity contribution in [3.05, 3.63) is 66.9 Å². The first-order valence-electron chi connectivity index (χ1n) is 13.6. The maximum atomic E-state index is 15.5. The van der Waals surface area contributed by atoms with Crippen LogP contribution in [-0.2, 0) is 0 Å². The first-order valence-corrected chi connectivity index (χ1v) is 13.6. The van der Waals surface area contributed by atoms with E-state index in [1.54, 1.807) is 12.1 Å². The van der Waals surface area contributed by atoms with E-state index in [1.165, 1.54) is 38.6 Å². The van der Waals surface area contributed by atoms with Gasteiger partial charge in [-0.25, -0.2) is 14.4 Å². The summed E-state index contributed by atoms with van der Waals surface area (Å²) >= 11 is 0. The molecule has 7 nitrogen and oxygen atoms in total. The third kappa shape index (κ3) is 4.86. The van der Waals surface area contributed by atoms with E-state index < -0.39 is 0 Å². The number of nitrogens with zero attached hydrogens (tertiary/aromatic N) is 5. The minimum atomic E-state index is -0.365. The number of hydrogen-bond donors (Lipinski definition) is 1. The van der Waals surface area contributed by atoms with E-state index >= 15 is 4.39 Å². The SMILES string of the molecule is C[N+]1(C)CCN(C2CCC(n3cc(-c4ccc(Oc5ccccc5)cc4F)c4c(N)ncnc43)CC2)CC1. The third-order valence-corrected chi connectivity index (χ3v) is 8.41. The van der Waals surface area contributed by atoms with Crippen LogP contribution < -0.4 is 10.5 Å². The topological polar surface area (TPSA) is 69.2 Å². The first kappa shape index (κ1) is 24.8. The van der Waals surface area contributed by atoms with Crippen LogP contribution in [0.2, 0.25) is 0 Å². The molecule has 1 aliphatic carbocycles. The smallest absolute Gasteiger partial charge is 0.146 e. The monoisotopic (exact) mass is 515 g/mol. The molecule has 0 radical (unpaired) electrons. The summed E-state index contributed by atoms with van der Waals surface area (Å²) in [6.45, 7) is 4.77. The number of hydrogen-bond acceptors (Lipinski definition) is 5. The zero-order chi connectivity index (χ0) is 26.3. The number of ether oxygens (including phenoxy) is 1. The molecular weight excluding hydrogens is 479 g/mol. The van der Waals surface area contributed by atoms with Crippen LogP contribution in [0.4, 0.5) is 10.2 Å². The number of anilines is 1. The number of likely N-dealkylation sites (N-methyl/N-ethyl adjacent to an activating group) is 1. The highest BCUT2D eigenvalue weighted by atomic mass is 19.1. The Balaban J connectivity index is 1.25. The van der Waals surface area contributed by atoms with Gasteiger partial charge in [0.2, 0.25) is 0 Å². The Hall–Kier alpha value is -3.49. The Labute approximate surface area is 223 Å². The minimum Gasteiger partial charge on any atom is -0.457 e. The summed E-state index contributed by atoms with van der Waals surface area (Å²) in [7, 11) is 4.65. The van der Waals surface area contributed by atoms with Crippen molar-refractivity contribution in [2.24, 2.45) is 0 Å². The number of rotatable bonds is 5. The molecule has 2 aromatic carbocycles. The summed E-state index contributed by atoms with van der Waals surface area (Å²) in [6.07, 6.45) is 7.99. The minimum absolute atomic E-state index is 0.303. The molecule has 0 bridgehead atoms. The van der Waals surface area contributed by atoms with Crippen LogP contribution in [-0.4, -0.2) is 70.2 Å². The van der Waals surface area contributed by atoms with Gasteiger partial charge in [-0.1, -0.05) is 18.2 Å². The van der Waals surface area contributed by atoms with Gasteiger partial charge < -0.3 is 19.5 Å². The Morgan fingerprint density at radius 2 is 1.61 bits per heavy atom. The maximum absolute atomic E-state index is 15.5. The fraction of sp³-hybridized carbons (Fsp3) is 0.400. The molecule has 6 rings (SSSR count). The van der Waals surface area contributed by atoms with E-state index in [-0.39, 0.29) is 5.82 Å². The highest BCUT2D eigenvalue weighted by Gasteiger charge is 2.33. The molecule has 1 saturated carbocycles. The van der Waals surface area contributed by atoms with Gasteiger partial charge in [0.05, 0.1) is 32.6 Å². The van der Waals surface area contributed by atoms with Gasteiger partial charge >= 0.3 is 0 Å². The lowest BCUT2D eigenvalue weighted by Gasteiger charge is -2.44. The van der Waals surface area contributed by atoms with Crippen molar-refractivity contribution in [2.75, 3.05) is 46.0 Å². The van der Waals surface area contributed by atoms with Crippen LogP contribution in [0.1, 0.15) is 31.7 Å². The average Bonchev–Trinajstić information content (AvgIpc) is 3.30. The van der Waals surface area contributed by atoms with Crippen LogP contribution >= 0.6 is 0 Å². The lowest BCUT2D eigenvalue weighted by Crippen LogP contribution is -2.57. The highest BCUT2D eigenvalue weighted by Crippen LogP contribution is 2.40. The van der Waals surface area contributed by atoms with Crippen molar-refractivity contribution in [1.29, 1.82) is 0 Å². The summed E-state index contributed by atoms with van der Waals surface area (Å²) in [5.41, 5.74) is 8.31. The van der Waals surface area contributed by atoms with Gasteiger partial charge in [-0.3, -0.25) is 4.90 Å². The van der Waals surface area contributed by atoms with Crippen molar-refractivity contribution in [3.8, 4) is 22.6 Å². The van der Waals surface area contributed by atoms with Crippen molar-refractivity contribution in [1.82, 2.24) is 19.4 Å². The summed E-state index contributed by atoms with van der Waals surface area (Å²) in [5, 5.41) is 0.710. The van der Waals surface area contributed by atoms with Crippen LogP contribution in [0.15, 0.2) is 61.1 Å². The Kier molecular flexibility index (Phi) is 6.53. The van der Waals surface area contributed by atoms with E-state index in [1.807, 2.05) is 36.5 Å². The van der Waals surface area contributed by atoms with Gasteiger partial charge in [-0.2, -0.15) is 0 Å². The molecule has 8 heteroatoms. The van der Waals surface area contributed by atoms with Crippen molar-refractivity contribution in [3.63, 3.8) is 0 Å². The first-order chi connectivity index (χ1) is 18.4. The Bertz CT molecular complexity index is 1420. The summed E-state index contributed by atoms with van der Waals surface area (Å²) in [5.74, 6) is 1.12. The lowest BCUT2D eigenvalue weighted by atomic mass is 9.89. The molecule has 0 amide bonds. The maximum Gasteiger partial charge on any atom is 0.146 e. The van der Waals surface area contributed by atoms with Crippen molar-refractivity contribution >= 4 is 16.9 Å². The van der Waals surface area contributed by atoms with Crippen molar-refractivity contribution < 1.29 is 13.6 Å². The predicted molar refractivity (Wildman–Crippen MR) is 149 cm³/mol. The quantitative estimate of drug-likeness (QED) is 0.356. The second-order valence-corrected chi connectivity index (χ2v) is 11.3. The molecule has 2 fully saturated rings. The van der Waals surface area contributed by atoms with E-state index in [9.17, 15) is 0 Å². The molecule has 2 aromatic heterocycles. The Morgan fingerprint density at radius 3 is 2.32 bits per heavy atom. The Morgan fingerprint density at radius 1 is 0.895 bits per heavy atom. The molecule has 0 spiro atoms. The molecule has 38 heavy (non-hydrogen) atoms. The average molecular weight is 516 g/mol. The number of piperazine rings is 1. The van der Waals surface area contributed by atoms with Gasteiger partial charge in [0.1, 0.15) is 35.1 Å². The van der Waals surface area contributed by atoms with Crippen LogP contribution in [0.5, 0.6) is 11.5 Å². The van der Waals surface area contributed by atoms with Crippen LogP contribution in [0.25, 0.3) is 22.2 Å². The normalized spacial score (nSPS) is 22.0. The fourth-order valence-corrected chi connectivity index (χ4v) is 6.08. The van der Waals surface area contributed by atoms with Gasteiger partial charge in [0.25, 0.3) is 0 Å². The molecule has 1 aliphatic heterocycles. The molecule has 0 unspecified atom stereocenters. The largest absolute Gasteiger partial charge is 0.457 e. The van der Waals surface area contributed by atoms with Gasteiger partial charge in [-0.05, 0) is 49.9 Å². The molecule has 3 heterocycles. The van der Waals surface area contributed by atoms with Gasteiger partial charge in [-0.15, -0.1) is 0 Å². The highest BCUT2D eigenvalue weighted by molar-refractivity contribution is 6.00. The van der Waals surface area contributed by atoms with E-state index in [0.29, 0.717) is 40.4 Å². The summed E-state index contributed by atoms with van der Waals surface area (Å²) in [4.78, 5) is 11.5. The van der Waals surface area contributed by atoms with Crippen LogP contribution in [0.3, 0.4) is 0 Å². The molecule has 2 aliphatic rings. The molecule has 198 valence electrons. The van der Waals surface area contributed by atoms with E-state index in [2.05, 4.69) is 33.5 Å². The second kappa shape index (κ2) is 10.0. The lowest BCUT2D eigenvalue weighted by molar-refractivity contribution is -0.894. The number of fused-ring (bicyclic) bond motifs is 1. The summed E-state index contributed by atoms with van der Waals surface area (Å²) < 4.78 is 24.6. The predicted octanol–water partition coefficient (Wildman–Crippen LogP) is 5.49. The number of halogens is 1. The number of quaternary nitrogens is 1. The zero-order valence-electron chi connectivity index (χ0n) is 22.2. The van der Waals surface area contributed by atoms with E-state index in [4.69, 9.17) is 10.5 Å². The molecule has 2 N–H and O–H groups in total. The van der Waals surface area contributed by atoms with E-state index in [0.717, 1.165) is 41.4 Å². The van der Waals surface area contributed by atoms with Crippen LogP contribution in [0, 0.1) is 5.82 Å². The van der Waals surface area contributed by atoms with Crippen molar-refractivity contribution in [2.45, 2.75) is 37.8 Å². The number of nitrogen functional groups attached to an aromatic ring is 1. The summed E-state index contributed by atoms with van der Waals surface area (Å²) in [6, 6.07) is 15.3. The standard InChI is InChI=1S/C30H36FN6O/c1-37(2)16-14-35(15-17-37)21-8-10-22(11-9-21)36-19-26(28-29(32)33-20-34-30(28)36)25-13-12-24(18-27(25)31)38-23-6-4-3-5-7-23/h3-7,12-13,18-22H,8-11,14-17H2,1-2H3,(H2,32,33,34)/q+1. The number of para-hydroxylation sites is 1. The van der Waals surface area contributed by atoms with Gasteiger partial charge in [0.15, 0.2) is 0 Å². The third-order valence-electron chi connectivity index (χ3n) is 8.41. The molecule has 4 aromatic rings. The molecular formula is C30H36FN6O+. The fourth-order valence-electron chi connectivity index (χ4n) is 6.08. The second-order valence-electron chi connectivity index (χ2n) is 11.3. The van der Waals surface area contributed by atoms with Gasteiger partial charge in [0, 0.05) is 48.6 Å². The number of benzene rings is 2. The number of nitrogens with two attached hydrogens (primary N) is 1. The molecule has 0 atom stereocenters. The molecule has 1 saturated heterocycles. The zero-order valence-corrected chi connectivity index (χ0v) is 22.2. The number of aromatic nitrogens is 3.